The van der Waals surface area contributed by atoms with Crippen molar-refractivity contribution in [1.82, 2.24) is 30.0 Å². The summed E-state index contributed by atoms with van der Waals surface area (Å²) in [6, 6.07) is 0. The van der Waals surface area contributed by atoms with Crippen molar-refractivity contribution < 1.29 is 0 Å². The Kier molecular flexibility index (Phi) is 5.38. The highest BCUT2D eigenvalue weighted by Crippen LogP contribution is 2.08. The number of nitrogens with zero attached hydrogens (tertiary/aromatic N) is 5. The zero-order valence-electron chi connectivity index (χ0n) is 13.3. The summed E-state index contributed by atoms with van der Waals surface area (Å²) >= 11 is 0. The molecule has 114 valence electrons. The van der Waals surface area contributed by atoms with Gasteiger partial charge in [0, 0.05) is 25.6 Å². The van der Waals surface area contributed by atoms with Gasteiger partial charge in [0.25, 0.3) is 0 Å². The van der Waals surface area contributed by atoms with Gasteiger partial charge in [-0.3, -0.25) is 4.98 Å². The van der Waals surface area contributed by atoms with E-state index in [2.05, 4.69) is 53.1 Å². The summed E-state index contributed by atoms with van der Waals surface area (Å²) in [7, 11) is 0. The van der Waals surface area contributed by atoms with Crippen LogP contribution in [0, 0.1) is 5.92 Å². The second-order valence-electron chi connectivity index (χ2n) is 5.46. The van der Waals surface area contributed by atoms with Crippen LogP contribution >= 0.6 is 0 Å². The Morgan fingerprint density at radius 1 is 1.14 bits per heavy atom. The molecule has 0 radical (unpaired) electrons. The minimum absolute atomic E-state index is 0.621. The molecule has 0 amide bonds. The molecule has 2 heterocycles. The van der Waals surface area contributed by atoms with E-state index in [1.165, 1.54) is 0 Å². The van der Waals surface area contributed by atoms with Crippen LogP contribution in [-0.4, -0.2) is 31.3 Å². The maximum Gasteiger partial charge on any atom is 0.174 e. The van der Waals surface area contributed by atoms with Crippen LogP contribution in [0.15, 0.2) is 12.4 Å². The Labute approximate surface area is 126 Å². The number of rotatable bonds is 7. The quantitative estimate of drug-likeness (QED) is 0.843. The molecule has 6 heteroatoms. The molecule has 0 spiro atoms. The van der Waals surface area contributed by atoms with E-state index in [1.807, 2.05) is 0 Å². The molecule has 2 aromatic rings. The van der Waals surface area contributed by atoms with Gasteiger partial charge in [-0.25, -0.2) is 9.97 Å². The van der Waals surface area contributed by atoms with E-state index in [9.17, 15) is 0 Å². The van der Waals surface area contributed by atoms with Gasteiger partial charge in [-0.2, -0.15) is 4.68 Å². The van der Waals surface area contributed by atoms with Crippen LogP contribution in [0.1, 0.15) is 45.0 Å². The standard InChI is InChI=1S/C15H24N6/c1-5-13-19-14(6-2)21(20-13)15-10-17-9-12(18-15)8-16-7-11(3)4/h9-11,16H,5-8H2,1-4H3. The van der Waals surface area contributed by atoms with E-state index in [0.717, 1.165) is 49.1 Å². The van der Waals surface area contributed by atoms with Gasteiger partial charge in [0.15, 0.2) is 11.6 Å². The molecule has 2 rings (SSSR count). The summed E-state index contributed by atoms with van der Waals surface area (Å²) in [6.45, 7) is 10.2. The van der Waals surface area contributed by atoms with Crippen molar-refractivity contribution in [1.29, 1.82) is 0 Å². The Hall–Kier alpha value is -1.82. The molecule has 0 aliphatic carbocycles. The van der Waals surface area contributed by atoms with Crippen molar-refractivity contribution in [2.45, 2.75) is 47.1 Å². The van der Waals surface area contributed by atoms with E-state index >= 15 is 0 Å². The SMILES string of the molecule is CCc1nc(CC)n(-c2cncc(CNCC(C)C)n2)n1. The highest BCUT2D eigenvalue weighted by atomic mass is 15.4. The molecule has 0 bridgehead atoms. The van der Waals surface area contributed by atoms with Crippen LogP contribution in [0.25, 0.3) is 5.82 Å². The van der Waals surface area contributed by atoms with Gasteiger partial charge in [-0.15, -0.1) is 5.10 Å². The summed E-state index contributed by atoms with van der Waals surface area (Å²) in [5.74, 6) is 3.13. The molecule has 0 saturated heterocycles. The normalized spacial score (nSPS) is 11.3. The first-order valence-corrected chi connectivity index (χ1v) is 7.60. The zero-order chi connectivity index (χ0) is 15.2. The van der Waals surface area contributed by atoms with Crippen LogP contribution < -0.4 is 5.32 Å². The monoisotopic (exact) mass is 288 g/mol. The van der Waals surface area contributed by atoms with Gasteiger partial charge in [0.1, 0.15) is 5.82 Å². The zero-order valence-corrected chi connectivity index (χ0v) is 13.3. The van der Waals surface area contributed by atoms with Crippen molar-refractivity contribution in [3.63, 3.8) is 0 Å². The van der Waals surface area contributed by atoms with Crippen molar-refractivity contribution in [3.05, 3.63) is 29.7 Å². The van der Waals surface area contributed by atoms with Gasteiger partial charge in [-0.05, 0) is 12.5 Å². The predicted molar refractivity (Wildman–Crippen MR) is 82.2 cm³/mol. The van der Waals surface area contributed by atoms with E-state index < -0.39 is 0 Å². The third-order valence-corrected chi connectivity index (χ3v) is 3.10. The topological polar surface area (TPSA) is 68.5 Å². The molecule has 0 atom stereocenters. The third kappa shape index (κ3) is 4.07. The predicted octanol–water partition coefficient (Wildman–Crippen LogP) is 1.93. The number of hydrogen-bond acceptors (Lipinski definition) is 5. The van der Waals surface area contributed by atoms with Gasteiger partial charge in [0.05, 0.1) is 11.9 Å². The largest absolute Gasteiger partial charge is 0.311 e. The van der Waals surface area contributed by atoms with Gasteiger partial charge in [0.2, 0.25) is 0 Å². The number of aromatic nitrogens is 5. The molecule has 0 fully saturated rings. The fourth-order valence-corrected chi connectivity index (χ4v) is 2.02. The lowest BCUT2D eigenvalue weighted by molar-refractivity contribution is 0.546. The van der Waals surface area contributed by atoms with Crippen LogP contribution in [0.3, 0.4) is 0 Å². The maximum atomic E-state index is 4.63. The van der Waals surface area contributed by atoms with E-state index in [1.54, 1.807) is 17.1 Å². The van der Waals surface area contributed by atoms with Crippen molar-refractivity contribution >= 4 is 0 Å². The smallest absolute Gasteiger partial charge is 0.174 e. The molecular weight excluding hydrogens is 264 g/mol. The highest BCUT2D eigenvalue weighted by Gasteiger charge is 2.11. The summed E-state index contributed by atoms with van der Waals surface area (Å²) in [5, 5.41) is 7.88. The van der Waals surface area contributed by atoms with E-state index in [4.69, 9.17) is 0 Å². The van der Waals surface area contributed by atoms with E-state index in [0.29, 0.717) is 5.92 Å². The van der Waals surface area contributed by atoms with Gasteiger partial charge in [-0.1, -0.05) is 27.7 Å². The summed E-state index contributed by atoms with van der Waals surface area (Å²) in [4.78, 5) is 13.4. The lowest BCUT2D eigenvalue weighted by atomic mass is 10.2. The average Bonchev–Trinajstić information content (AvgIpc) is 2.90. The first-order valence-electron chi connectivity index (χ1n) is 7.60. The first-order chi connectivity index (χ1) is 10.1. The van der Waals surface area contributed by atoms with Crippen molar-refractivity contribution in [3.8, 4) is 5.82 Å². The Morgan fingerprint density at radius 3 is 2.62 bits per heavy atom. The molecule has 0 unspecified atom stereocenters. The minimum atomic E-state index is 0.621. The summed E-state index contributed by atoms with van der Waals surface area (Å²) in [6.07, 6.45) is 5.17. The molecule has 1 N–H and O–H groups in total. The number of hydrogen-bond donors (Lipinski definition) is 1. The molecule has 0 aromatic carbocycles. The van der Waals surface area contributed by atoms with E-state index in [-0.39, 0.29) is 0 Å². The summed E-state index contributed by atoms with van der Waals surface area (Å²) < 4.78 is 1.80. The van der Waals surface area contributed by atoms with Crippen molar-refractivity contribution in [2.24, 2.45) is 5.92 Å². The lowest BCUT2D eigenvalue weighted by Gasteiger charge is -2.08. The molecule has 0 saturated carbocycles. The van der Waals surface area contributed by atoms with Crippen LogP contribution in [0.4, 0.5) is 0 Å². The lowest BCUT2D eigenvalue weighted by Crippen LogP contribution is -2.20. The second-order valence-corrected chi connectivity index (χ2v) is 5.46. The van der Waals surface area contributed by atoms with Crippen LogP contribution in [0.2, 0.25) is 0 Å². The fourth-order valence-electron chi connectivity index (χ4n) is 2.02. The Balaban J connectivity index is 2.18. The first kappa shape index (κ1) is 15.6. The molecule has 0 aliphatic rings. The minimum Gasteiger partial charge on any atom is -0.311 e. The summed E-state index contributed by atoms with van der Waals surface area (Å²) in [5.41, 5.74) is 0.920. The average molecular weight is 288 g/mol. The number of aryl methyl sites for hydroxylation is 2. The maximum absolute atomic E-state index is 4.63. The molecule has 2 aromatic heterocycles. The van der Waals surface area contributed by atoms with Crippen LogP contribution in [-0.2, 0) is 19.4 Å². The Morgan fingerprint density at radius 2 is 1.95 bits per heavy atom. The molecule has 0 aliphatic heterocycles. The van der Waals surface area contributed by atoms with Gasteiger partial charge < -0.3 is 5.32 Å². The van der Waals surface area contributed by atoms with Crippen molar-refractivity contribution in [2.75, 3.05) is 6.54 Å². The molecule has 6 nitrogen and oxygen atoms in total. The Bertz CT molecular complexity index is 575. The second kappa shape index (κ2) is 7.26. The molecular formula is C15H24N6. The fraction of sp³-hybridized carbons (Fsp3) is 0.600. The highest BCUT2D eigenvalue weighted by molar-refractivity contribution is 5.20. The molecule has 21 heavy (non-hydrogen) atoms. The third-order valence-electron chi connectivity index (χ3n) is 3.10. The van der Waals surface area contributed by atoms with Crippen LogP contribution in [0.5, 0.6) is 0 Å². The van der Waals surface area contributed by atoms with Gasteiger partial charge >= 0.3 is 0 Å². The number of nitrogens with one attached hydrogen (secondary N) is 1.